The van der Waals surface area contributed by atoms with Gasteiger partial charge >= 0.3 is 5.69 Å². The summed E-state index contributed by atoms with van der Waals surface area (Å²) in [5, 5.41) is 0. The van der Waals surface area contributed by atoms with Gasteiger partial charge in [-0.05, 0) is 30.7 Å². The van der Waals surface area contributed by atoms with Gasteiger partial charge in [-0.3, -0.25) is 19.1 Å². The Morgan fingerprint density at radius 3 is 2.62 bits per heavy atom. The highest BCUT2D eigenvalue weighted by Gasteiger charge is 2.16. The molecule has 0 spiro atoms. The van der Waals surface area contributed by atoms with E-state index in [9.17, 15) is 14.4 Å². The number of rotatable bonds is 7. The Morgan fingerprint density at radius 2 is 1.96 bits per heavy atom. The molecule has 3 rings (SSSR count). The van der Waals surface area contributed by atoms with Crippen molar-refractivity contribution in [3.05, 3.63) is 56.5 Å². The zero-order chi connectivity index (χ0) is 18.7. The molecular weight excluding hydrogens is 336 g/mol. The lowest BCUT2D eigenvalue weighted by molar-refractivity contribution is 0.112. The number of ether oxygens (including phenoxy) is 1. The molecular formula is C18H20N4O4. The van der Waals surface area contributed by atoms with E-state index < -0.39 is 11.2 Å². The molecule has 0 fully saturated rings. The van der Waals surface area contributed by atoms with E-state index in [1.54, 1.807) is 35.9 Å². The van der Waals surface area contributed by atoms with E-state index in [0.717, 1.165) is 19.1 Å². The fourth-order valence-electron chi connectivity index (χ4n) is 2.73. The fourth-order valence-corrected chi connectivity index (χ4v) is 2.73. The first-order chi connectivity index (χ1) is 12.5. The number of unbranched alkanes of at least 4 members (excludes halogenated alkanes) is 1. The number of aromatic nitrogens is 4. The Hall–Kier alpha value is -3.16. The lowest BCUT2D eigenvalue weighted by Crippen LogP contribution is -2.31. The minimum absolute atomic E-state index is 0.132. The maximum absolute atomic E-state index is 12.2. The van der Waals surface area contributed by atoms with Gasteiger partial charge in [0.15, 0.2) is 11.2 Å². The Bertz CT molecular complexity index is 1040. The van der Waals surface area contributed by atoms with Crippen molar-refractivity contribution < 1.29 is 9.53 Å². The van der Waals surface area contributed by atoms with E-state index in [1.807, 2.05) is 6.92 Å². The second kappa shape index (κ2) is 7.38. The van der Waals surface area contributed by atoms with Crippen molar-refractivity contribution in [2.75, 3.05) is 0 Å². The number of H-pyrrole nitrogens is 1. The first-order valence-electron chi connectivity index (χ1n) is 8.41. The maximum Gasteiger partial charge on any atom is 0.330 e. The normalized spacial score (nSPS) is 11.0. The van der Waals surface area contributed by atoms with Gasteiger partial charge in [0.05, 0.1) is 0 Å². The molecule has 1 aromatic carbocycles. The molecule has 0 aliphatic rings. The fraction of sp³-hybridized carbons (Fsp3) is 0.333. The topological polar surface area (TPSA) is 99.0 Å². The number of carbonyl (C=O) groups is 1. The van der Waals surface area contributed by atoms with Gasteiger partial charge in [-0.25, -0.2) is 9.78 Å². The number of aromatic amines is 1. The number of nitrogens with one attached hydrogen (secondary N) is 1. The SMILES string of the molecule is CCCCn1c(=O)[nH]c(=O)c2c1nc(COc1ccc(C=O)cc1)n2C. The van der Waals surface area contributed by atoms with Crippen LogP contribution in [0.2, 0.25) is 0 Å². The Kier molecular flexibility index (Phi) is 5.01. The average molecular weight is 356 g/mol. The van der Waals surface area contributed by atoms with Gasteiger partial charge in [-0.2, -0.15) is 0 Å². The van der Waals surface area contributed by atoms with Crippen molar-refractivity contribution in [1.82, 2.24) is 19.1 Å². The second-order valence-corrected chi connectivity index (χ2v) is 6.00. The first kappa shape index (κ1) is 17.7. The van der Waals surface area contributed by atoms with E-state index in [-0.39, 0.29) is 6.61 Å². The van der Waals surface area contributed by atoms with Crippen LogP contribution in [0.5, 0.6) is 5.75 Å². The summed E-state index contributed by atoms with van der Waals surface area (Å²) in [6.45, 7) is 2.65. The predicted molar refractivity (Wildman–Crippen MR) is 96.7 cm³/mol. The molecule has 0 amide bonds. The van der Waals surface area contributed by atoms with Gasteiger partial charge in [0.1, 0.15) is 24.5 Å². The van der Waals surface area contributed by atoms with Crippen LogP contribution in [0.15, 0.2) is 33.9 Å². The summed E-state index contributed by atoms with van der Waals surface area (Å²) in [4.78, 5) is 41.8. The maximum atomic E-state index is 12.2. The molecule has 3 aromatic rings. The van der Waals surface area contributed by atoms with Crippen molar-refractivity contribution in [2.24, 2.45) is 7.05 Å². The molecule has 8 nitrogen and oxygen atoms in total. The molecule has 0 aliphatic carbocycles. The van der Waals surface area contributed by atoms with Gasteiger partial charge in [0, 0.05) is 19.2 Å². The third-order valence-corrected chi connectivity index (χ3v) is 4.23. The lowest BCUT2D eigenvalue weighted by atomic mass is 10.2. The number of fused-ring (bicyclic) bond motifs is 1. The largest absolute Gasteiger partial charge is 0.486 e. The predicted octanol–water partition coefficient (Wildman–Crippen LogP) is 1.61. The smallest absolute Gasteiger partial charge is 0.330 e. The van der Waals surface area contributed by atoms with Crippen LogP contribution in [-0.2, 0) is 20.2 Å². The summed E-state index contributed by atoms with van der Waals surface area (Å²) in [7, 11) is 1.72. The summed E-state index contributed by atoms with van der Waals surface area (Å²) in [6, 6.07) is 6.70. The number of benzene rings is 1. The minimum Gasteiger partial charge on any atom is -0.486 e. The van der Waals surface area contributed by atoms with Crippen LogP contribution in [0, 0.1) is 0 Å². The highest BCUT2D eigenvalue weighted by molar-refractivity contribution is 5.74. The zero-order valence-corrected chi connectivity index (χ0v) is 14.7. The minimum atomic E-state index is -0.464. The molecule has 0 atom stereocenters. The second-order valence-electron chi connectivity index (χ2n) is 6.00. The molecule has 26 heavy (non-hydrogen) atoms. The molecule has 0 saturated heterocycles. The molecule has 2 heterocycles. The van der Waals surface area contributed by atoms with Gasteiger partial charge < -0.3 is 9.30 Å². The van der Waals surface area contributed by atoms with Crippen molar-refractivity contribution in [3.63, 3.8) is 0 Å². The number of hydrogen-bond acceptors (Lipinski definition) is 5. The van der Waals surface area contributed by atoms with Crippen LogP contribution >= 0.6 is 0 Å². The summed E-state index contributed by atoms with van der Waals surface area (Å²) in [5.74, 6) is 1.11. The summed E-state index contributed by atoms with van der Waals surface area (Å²) in [5.41, 5.74) is 0.354. The number of aldehydes is 1. The van der Waals surface area contributed by atoms with Gasteiger partial charge in [-0.1, -0.05) is 13.3 Å². The van der Waals surface area contributed by atoms with Gasteiger partial charge in [-0.15, -0.1) is 0 Å². The highest BCUT2D eigenvalue weighted by Crippen LogP contribution is 2.15. The van der Waals surface area contributed by atoms with E-state index >= 15 is 0 Å². The number of imidazole rings is 1. The molecule has 2 aromatic heterocycles. The van der Waals surface area contributed by atoms with Gasteiger partial charge in [0.2, 0.25) is 0 Å². The third-order valence-electron chi connectivity index (χ3n) is 4.23. The number of nitrogens with zero attached hydrogens (tertiary/aromatic N) is 3. The number of aryl methyl sites for hydroxylation is 2. The molecule has 0 radical (unpaired) electrons. The van der Waals surface area contributed by atoms with Gasteiger partial charge in [0.25, 0.3) is 5.56 Å². The molecule has 0 aliphatic heterocycles. The standard InChI is InChI=1S/C18H20N4O4/c1-3-4-9-22-16-15(17(24)20-18(22)25)21(2)14(19-16)11-26-13-7-5-12(10-23)6-8-13/h5-8,10H,3-4,9,11H2,1-2H3,(H,20,24,25). The molecule has 8 heteroatoms. The number of hydrogen-bond donors (Lipinski definition) is 1. The Labute approximate surface area is 149 Å². The first-order valence-corrected chi connectivity index (χ1v) is 8.41. The summed E-state index contributed by atoms with van der Waals surface area (Å²) < 4.78 is 8.82. The monoisotopic (exact) mass is 356 g/mol. The molecule has 0 saturated carbocycles. The summed E-state index contributed by atoms with van der Waals surface area (Å²) in [6.07, 6.45) is 2.50. The van der Waals surface area contributed by atoms with E-state index in [0.29, 0.717) is 34.8 Å². The van der Waals surface area contributed by atoms with Crippen LogP contribution < -0.4 is 16.0 Å². The van der Waals surface area contributed by atoms with E-state index in [1.165, 1.54) is 4.57 Å². The lowest BCUT2D eigenvalue weighted by Gasteiger charge is -2.06. The van der Waals surface area contributed by atoms with Crippen molar-refractivity contribution in [2.45, 2.75) is 32.9 Å². The van der Waals surface area contributed by atoms with Crippen LogP contribution in [0.25, 0.3) is 11.2 Å². The number of carbonyl (C=O) groups excluding carboxylic acids is 1. The van der Waals surface area contributed by atoms with E-state index in [2.05, 4.69) is 9.97 Å². The van der Waals surface area contributed by atoms with Crippen LogP contribution in [0.4, 0.5) is 0 Å². The van der Waals surface area contributed by atoms with Crippen molar-refractivity contribution >= 4 is 17.5 Å². The quantitative estimate of drug-likeness (QED) is 0.649. The molecule has 0 unspecified atom stereocenters. The van der Waals surface area contributed by atoms with Crippen LogP contribution in [-0.4, -0.2) is 25.4 Å². The van der Waals surface area contributed by atoms with Crippen LogP contribution in [0.1, 0.15) is 35.9 Å². The van der Waals surface area contributed by atoms with Crippen LogP contribution in [0.3, 0.4) is 0 Å². The zero-order valence-electron chi connectivity index (χ0n) is 14.7. The summed E-state index contributed by atoms with van der Waals surface area (Å²) >= 11 is 0. The van der Waals surface area contributed by atoms with Crippen molar-refractivity contribution in [3.8, 4) is 5.75 Å². The molecule has 136 valence electrons. The van der Waals surface area contributed by atoms with E-state index in [4.69, 9.17) is 4.74 Å². The Balaban J connectivity index is 1.94. The molecule has 1 N–H and O–H groups in total. The third kappa shape index (κ3) is 3.30. The Morgan fingerprint density at radius 1 is 1.23 bits per heavy atom. The highest BCUT2D eigenvalue weighted by atomic mass is 16.5. The van der Waals surface area contributed by atoms with Crippen molar-refractivity contribution in [1.29, 1.82) is 0 Å². The average Bonchev–Trinajstić information content (AvgIpc) is 2.97. The molecule has 0 bridgehead atoms.